The first-order chi connectivity index (χ1) is 6.70. The van der Waals surface area contributed by atoms with Gasteiger partial charge in [-0.2, -0.15) is 0 Å². The normalized spacial score (nSPS) is 26.8. The van der Waals surface area contributed by atoms with Crippen LogP contribution in [0, 0.1) is 0 Å². The number of fused-ring (bicyclic) bond motifs is 1. The maximum atomic E-state index is 10.0. The van der Waals surface area contributed by atoms with Gasteiger partial charge < -0.3 is 10.8 Å². The molecule has 76 valence electrons. The standard InChI is InChI=1S/C11H14BrNO/c12-8-5-1-3-7-4-2-6-9(13)11(14)10(7)8/h1,3,5,9,11,14H,2,4,6,13H2/t9-,11+/m0/s1. The van der Waals surface area contributed by atoms with Gasteiger partial charge in [0.2, 0.25) is 0 Å². The second-order valence-electron chi connectivity index (χ2n) is 3.81. The molecule has 0 spiro atoms. The Morgan fingerprint density at radius 3 is 3.00 bits per heavy atom. The Hall–Kier alpha value is -0.380. The molecule has 1 aromatic carbocycles. The fraction of sp³-hybridized carbons (Fsp3) is 0.455. The molecule has 0 bridgehead atoms. The first-order valence-corrected chi connectivity index (χ1v) is 5.70. The van der Waals surface area contributed by atoms with Crippen LogP contribution < -0.4 is 5.73 Å². The summed E-state index contributed by atoms with van der Waals surface area (Å²) in [5, 5.41) is 10.0. The third-order valence-electron chi connectivity index (χ3n) is 2.83. The predicted molar refractivity (Wildman–Crippen MR) is 60.0 cm³/mol. The second kappa shape index (κ2) is 4.01. The minimum absolute atomic E-state index is 0.130. The van der Waals surface area contributed by atoms with E-state index in [1.54, 1.807) is 0 Å². The van der Waals surface area contributed by atoms with Crippen LogP contribution in [0.15, 0.2) is 22.7 Å². The van der Waals surface area contributed by atoms with E-state index in [1.165, 1.54) is 5.56 Å². The molecule has 2 atom stereocenters. The summed E-state index contributed by atoms with van der Waals surface area (Å²) in [5.74, 6) is 0. The van der Waals surface area contributed by atoms with Crippen molar-refractivity contribution in [3.63, 3.8) is 0 Å². The second-order valence-corrected chi connectivity index (χ2v) is 4.67. The van der Waals surface area contributed by atoms with E-state index in [2.05, 4.69) is 22.0 Å². The Balaban J connectivity index is 2.49. The maximum Gasteiger partial charge on any atom is 0.0954 e. The number of halogens is 1. The van der Waals surface area contributed by atoms with Gasteiger partial charge in [0.25, 0.3) is 0 Å². The summed E-state index contributed by atoms with van der Waals surface area (Å²) < 4.78 is 0.972. The van der Waals surface area contributed by atoms with Crippen molar-refractivity contribution < 1.29 is 5.11 Å². The van der Waals surface area contributed by atoms with E-state index in [4.69, 9.17) is 5.73 Å². The van der Waals surface area contributed by atoms with Gasteiger partial charge in [0.1, 0.15) is 0 Å². The summed E-state index contributed by atoms with van der Waals surface area (Å²) in [7, 11) is 0. The summed E-state index contributed by atoms with van der Waals surface area (Å²) in [6.45, 7) is 0. The van der Waals surface area contributed by atoms with Crippen LogP contribution in [0.4, 0.5) is 0 Å². The molecule has 0 aromatic heterocycles. The molecule has 3 N–H and O–H groups in total. The van der Waals surface area contributed by atoms with Gasteiger partial charge in [-0.05, 0) is 36.5 Å². The Labute approximate surface area is 92.3 Å². The Morgan fingerprint density at radius 1 is 1.43 bits per heavy atom. The van der Waals surface area contributed by atoms with E-state index in [9.17, 15) is 5.11 Å². The number of benzene rings is 1. The third-order valence-corrected chi connectivity index (χ3v) is 3.52. The lowest BCUT2D eigenvalue weighted by Crippen LogP contribution is -2.27. The molecule has 0 radical (unpaired) electrons. The molecule has 1 aliphatic carbocycles. The van der Waals surface area contributed by atoms with E-state index in [1.807, 2.05) is 12.1 Å². The molecule has 0 heterocycles. The molecule has 14 heavy (non-hydrogen) atoms. The summed E-state index contributed by atoms with van der Waals surface area (Å²) in [6, 6.07) is 5.91. The topological polar surface area (TPSA) is 46.2 Å². The predicted octanol–water partition coefficient (Wildman–Crippen LogP) is 2.15. The summed E-state index contributed by atoms with van der Waals surface area (Å²) in [6.07, 6.45) is 2.44. The number of nitrogens with two attached hydrogens (primary N) is 1. The fourth-order valence-corrected chi connectivity index (χ4v) is 2.67. The molecule has 2 nitrogen and oxygen atoms in total. The average Bonchev–Trinajstić information content (AvgIpc) is 2.29. The lowest BCUT2D eigenvalue weighted by atomic mass is 9.99. The SMILES string of the molecule is N[C@H]1CCCc2cccc(Br)c2[C@@H]1O. The number of hydrogen-bond donors (Lipinski definition) is 2. The Morgan fingerprint density at radius 2 is 2.21 bits per heavy atom. The van der Waals surface area contributed by atoms with Gasteiger partial charge in [-0.15, -0.1) is 0 Å². The van der Waals surface area contributed by atoms with E-state index >= 15 is 0 Å². The van der Waals surface area contributed by atoms with Crippen molar-refractivity contribution >= 4 is 15.9 Å². The van der Waals surface area contributed by atoms with Crippen LogP contribution in [-0.2, 0) is 6.42 Å². The Bertz CT molecular complexity index is 340. The van der Waals surface area contributed by atoms with Crippen molar-refractivity contribution in [1.29, 1.82) is 0 Å². The molecule has 2 rings (SSSR count). The highest BCUT2D eigenvalue weighted by atomic mass is 79.9. The number of aryl methyl sites for hydroxylation is 1. The third kappa shape index (κ3) is 1.72. The highest BCUT2D eigenvalue weighted by Gasteiger charge is 2.24. The van der Waals surface area contributed by atoms with Crippen molar-refractivity contribution in [3.8, 4) is 0 Å². The quantitative estimate of drug-likeness (QED) is 0.698. The highest BCUT2D eigenvalue weighted by molar-refractivity contribution is 9.10. The zero-order valence-corrected chi connectivity index (χ0v) is 9.50. The highest BCUT2D eigenvalue weighted by Crippen LogP contribution is 2.33. The van der Waals surface area contributed by atoms with Crippen molar-refractivity contribution in [2.24, 2.45) is 5.73 Å². The lowest BCUT2D eigenvalue weighted by Gasteiger charge is -2.18. The fourth-order valence-electron chi connectivity index (χ4n) is 2.03. The van der Waals surface area contributed by atoms with Crippen LogP contribution in [0.3, 0.4) is 0 Å². The first-order valence-electron chi connectivity index (χ1n) is 4.91. The van der Waals surface area contributed by atoms with Crippen molar-refractivity contribution in [2.45, 2.75) is 31.4 Å². The molecular formula is C11H14BrNO. The summed E-state index contributed by atoms with van der Waals surface area (Å²) in [4.78, 5) is 0. The molecule has 0 fully saturated rings. The van der Waals surface area contributed by atoms with Crippen LogP contribution in [-0.4, -0.2) is 11.1 Å². The molecule has 0 unspecified atom stereocenters. The molecule has 3 heteroatoms. The zero-order chi connectivity index (χ0) is 10.1. The molecule has 0 amide bonds. The lowest BCUT2D eigenvalue weighted by molar-refractivity contribution is 0.143. The summed E-state index contributed by atoms with van der Waals surface area (Å²) >= 11 is 3.47. The number of hydrogen-bond acceptors (Lipinski definition) is 2. The van der Waals surface area contributed by atoms with Crippen molar-refractivity contribution in [3.05, 3.63) is 33.8 Å². The van der Waals surface area contributed by atoms with Gasteiger partial charge in [-0.3, -0.25) is 0 Å². The first kappa shape index (κ1) is 10.1. The molecule has 1 aromatic rings. The smallest absolute Gasteiger partial charge is 0.0954 e. The van der Waals surface area contributed by atoms with E-state index in [-0.39, 0.29) is 6.04 Å². The van der Waals surface area contributed by atoms with Gasteiger partial charge in [0.15, 0.2) is 0 Å². The van der Waals surface area contributed by atoms with Crippen LogP contribution in [0.5, 0.6) is 0 Å². The Kier molecular flexibility index (Phi) is 2.91. The van der Waals surface area contributed by atoms with E-state index in [0.29, 0.717) is 0 Å². The number of aliphatic hydroxyl groups is 1. The van der Waals surface area contributed by atoms with E-state index < -0.39 is 6.10 Å². The molecular weight excluding hydrogens is 242 g/mol. The van der Waals surface area contributed by atoms with Crippen LogP contribution in [0.2, 0.25) is 0 Å². The largest absolute Gasteiger partial charge is 0.387 e. The van der Waals surface area contributed by atoms with Crippen LogP contribution in [0.25, 0.3) is 0 Å². The number of rotatable bonds is 0. The molecule has 0 saturated heterocycles. The van der Waals surface area contributed by atoms with Gasteiger partial charge in [-0.25, -0.2) is 0 Å². The minimum Gasteiger partial charge on any atom is -0.387 e. The molecule has 0 aliphatic heterocycles. The average molecular weight is 256 g/mol. The summed E-state index contributed by atoms with van der Waals surface area (Å²) in [5.41, 5.74) is 8.10. The minimum atomic E-state index is -0.525. The number of aliphatic hydroxyl groups excluding tert-OH is 1. The van der Waals surface area contributed by atoms with Crippen LogP contribution >= 0.6 is 15.9 Å². The van der Waals surface area contributed by atoms with Crippen molar-refractivity contribution in [1.82, 2.24) is 0 Å². The van der Waals surface area contributed by atoms with Crippen molar-refractivity contribution in [2.75, 3.05) is 0 Å². The van der Waals surface area contributed by atoms with Gasteiger partial charge in [0, 0.05) is 10.5 Å². The maximum absolute atomic E-state index is 10.0. The van der Waals surface area contributed by atoms with Gasteiger partial charge in [0.05, 0.1) is 6.10 Å². The van der Waals surface area contributed by atoms with Crippen LogP contribution in [0.1, 0.15) is 30.1 Å². The van der Waals surface area contributed by atoms with Gasteiger partial charge >= 0.3 is 0 Å². The van der Waals surface area contributed by atoms with Gasteiger partial charge in [-0.1, -0.05) is 28.1 Å². The van der Waals surface area contributed by atoms with E-state index in [0.717, 1.165) is 29.3 Å². The molecule has 0 saturated carbocycles. The molecule has 1 aliphatic rings. The monoisotopic (exact) mass is 255 g/mol. The zero-order valence-electron chi connectivity index (χ0n) is 7.91.